The van der Waals surface area contributed by atoms with E-state index in [0.717, 1.165) is 11.4 Å². The molecule has 0 radical (unpaired) electrons. The molecule has 0 aliphatic carbocycles. The van der Waals surface area contributed by atoms with Gasteiger partial charge in [0.1, 0.15) is 11.4 Å². The molecule has 1 aromatic rings. The molecule has 26 heavy (non-hydrogen) atoms. The summed E-state index contributed by atoms with van der Waals surface area (Å²) >= 11 is 0. The third-order valence-electron chi connectivity index (χ3n) is 4.33. The average molecular weight is 362 g/mol. The smallest absolute Gasteiger partial charge is 0.407 e. The summed E-state index contributed by atoms with van der Waals surface area (Å²) in [6.45, 7) is 10.1. The Kier molecular flexibility index (Phi) is 5.04. The number of amides is 2. The number of rotatable bonds is 3. The molecule has 0 aromatic carbocycles. The van der Waals surface area contributed by atoms with Crippen molar-refractivity contribution in [3.8, 4) is 0 Å². The predicted molar refractivity (Wildman–Crippen MR) is 96.1 cm³/mol. The molecule has 3 rings (SSSR count). The van der Waals surface area contributed by atoms with Gasteiger partial charge in [-0.15, -0.1) is 0 Å². The van der Waals surface area contributed by atoms with E-state index in [2.05, 4.69) is 22.5 Å². The number of hydrogen-bond acceptors (Lipinski definition) is 6. The minimum Gasteiger partial charge on any atom is -0.444 e. The van der Waals surface area contributed by atoms with Crippen LogP contribution in [0.3, 0.4) is 0 Å². The van der Waals surface area contributed by atoms with Gasteiger partial charge in [0.15, 0.2) is 0 Å². The highest BCUT2D eigenvalue weighted by Gasteiger charge is 2.28. The molecular formula is C18H26N4O4. The van der Waals surface area contributed by atoms with Crippen LogP contribution >= 0.6 is 0 Å². The fourth-order valence-corrected chi connectivity index (χ4v) is 3.10. The van der Waals surface area contributed by atoms with Gasteiger partial charge in [-0.25, -0.2) is 9.78 Å². The van der Waals surface area contributed by atoms with E-state index in [-0.39, 0.29) is 18.5 Å². The van der Waals surface area contributed by atoms with Crippen molar-refractivity contribution in [2.45, 2.75) is 52.4 Å². The van der Waals surface area contributed by atoms with E-state index in [1.165, 1.54) is 0 Å². The Morgan fingerprint density at radius 2 is 2.27 bits per heavy atom. The number of ether oxygens (including phenoxy) is 2. The number of aromatic nitrogens is 1. The molecule has 1 aromatic heterocycles. The molecule has 1 unspecified atom stereocenters. The number of nitrogens with zero attached hydrogens (tertiary/aromatic N) is 2. The van der Waals surface area contributed by atoms with Crippen LogP contribution in [-0.4, -0.2) is 48.4 Å². The summed E-state index contributed by atoms with van der Waals surface area (Å²) in [6.07, 6.45) is -0.504. The number of carbonyl (C=O) groups is 2. The minimum absolute atomic E-state index is 0.108. The fourth-order valence-electron chi connectivity index (χ4n) is 3.10. The normalized spacial score (nSPS) is 19.8. The highest BCUT2D eigenvalue weighted by Crippen LogP contribution is 2.26. The van der Waals surface area contributed by atoms with E-state index >= 15 is 0 Å². The molecular weight excluding hydrogens is 336 g/mol. The minimum atomic E-state index is -0.567. The molecule has 0 saturated carbocycles. The summed E-state index contributed by atoms with van der Waals surface area (Å²) in [4.78, 5) is 31.0. The zero-order chi connectivity index (χ0) is 18.9. The fraction of sp³-hybridized carbons (Fsp3) is 0.611. The van der Waals surface area contributed by atoms with Gasteiger partial charge in [0.2, 0.25) is 0 Å². The van der Waals surface area contributed by atoms with Crippen molar-refractivity contribution >= 4 is 17.8 Å². The monoisotopic (exact) mass is 362 g/mol. The zero-order valence-electron chi connectivity index (χ0n) is 15.7. The first kappa shape index (κ1) is 18.4. The zero-order valence-corrected chi connectivity index (χ0v) is 15.7. The maximum Gasteiger partial charge on any atom is 0.407 e. The van der Waals surface area contributed by atoms with Gasteiger partial charge in [-0.1, -0.05) is 0 Å². The van der Waals surface area contributed by atoms with Crippen molar-refractivity contribution in [3.05, 3.63) is 22.9 Å². The highest BCUT2D eigenvalue weighted by molar-refractivity contribution is 5.99. The lowest BCUT2D eigenvalue weighted by Crippen LogP contribution is -2.44. The molecule has 1 fully saturated rings. The molecule has 1 atom stereocenters. The van der Waals surface area contributed by atoms with Crippen LogP contribution in [0.5, 0.6) is 0 Å². The van der Waals surface area contributed by atoms with Gasteiger partial charge in [0, 0.05) is 24.2 Å². The molecule has 2 N–H and O–H groups in total. The lowest BCUT2D eigenvalue weighted by Gasteiger charge is -2.34. The van der Waals surface area contributed by atoms with Crippen molar-refractivity contribution in [1.29, 1.82) is 0 Å². The Balaban J connectivity index is 1.83. The summed E-state index contributed by atoms with van der Waals surface area (Å²) in [5.41, 5.74) is 1.56. The van der Waals surface area contributed by atoms with Crippen molar-refractivity contribution in [2.24, 2.45) is 0 Å². The number of pyridine rings is 1. The van der Waals surface area contributed by atoms with E-state index < -0.39 is 11.7 Å². The van der Waals surface area contributed by atoms with Crippen LogP contribution in [0.25, 0.3) is 0 Å². The summed E-state index contributed by atoms with van der Waals surface area (Å²) in [5.74, 6) is 0.626. The first-order valence-electron chi connectivity index (χ1n) is 8.87. The van der Waals surface area contributed by atoms with Crippen molar-refractivity contribution < 1.29 is 19.1 Å². The third kappa shape index (κ3) is 4.07. The third-order valence-corrected chi connectivity index (χ3v) is 4.33. The van der Waals surface area contributed by atoms with E-state index in [1.807, 2.05) is 26.8 Å². The van der Waals surface area contributed by atoms with E-state index in [0.29, 0.717) is 37.6 Å². The van der Waals surface area contributed by atoms with Gasteiger partial charge in [-0.05, 0) is 33.8 Å². The molecule has 2 aliphatic rings. The SMILES string of the molecule is CC1COCCN1c1cc2c(c(CNC(=O)OC(C)(C)C)n1)CNC2=O. The largest absolute Gasteiger partial charge is 0.444 e. The molecule has 1 saturated heterocycles. The number of nitrogens with one attached hydrogen (secondary N) is 2. The molecule has 8 heteroatoms. The Labute approximate surface area is 153 Å². The summed E-state index contributed by atoms with van der Waals surface area (Å²) in [5, 5.41) is 5.56. The first-order valence-corrected chi connectivity index (χ1v) is 8.87. The van der Waals surface area contributed by atoms with Crippen LogP contribution in [0.2, 0.25) is 0 Å². The van der Waals surface area contributed by atoms with Gasteiger partial charge in [0.05, 0.1) is 31.5 Å². The molecule has 2 aliphatic heterocycles. The van der Waals surface area contributed by atoms with E-state index in [9.17, 15) is 9.59 Å². The lowest BCUT2D eigenvalue weighted by molar-refractivity contribution is 0.0522. The summed E-state index contributed by atoms with van der Waals surface area (Å²) in [7, 11) is 0. The maximum absolute atomic E-state index is 12.2. The van der Waals surface area contributed by atoms with Crippen LogP contribution in [-0.2, 0) is 22.6 Å². The lowest BCUT2D eigenvalue weighted by atomic mass is 10.1. The highest BCUT2D eigenvalue weighted by atomic mass is 16.6. The van der Waals surface area contributed by atoms with Gasteiger partial charge in [0.25, 0.3) is 5.91 Å². The second-order valence-electron chi connectivity index (χ2n) is 7.61. The average Bonchev–Trinajstić information content (AvgIpc) is 2.93. The number of hydrogen-bond donors (Lipinski definition) is 2. The van der Waals surface area contributed by atoms with Crippen LogP contribution in [0, 0.1) is 0 Å². The van der Waals surface area contributed by atoms with Gasteiger partial charge in [-0.2, -0.15) is 0 Å². The van der Waals surface area contributed by atoms with Gasteiger partial charge >= 0.3 is 6.09 Å². The van der Waals surface area contributed by atoms with Crippen LogP contribution < -0.4 is 15.5 Å². The molecule has 3 heterocycles. The van der Waals surface area contributed by atoms with Gasteiger partial charge < -0.3 is 25.0 Å². The number of carbonyl (C=O) groups excluding carboxylic acids is 2. The topological polar surface area (TPSA) is 92.8 Å². The molecule has 142 valence electrons. The van der Waals surface area contributed by atoms with Crippen molar-refractivity contribution in [2.75, 3.05) is 24.7 Å². The second-order valence-corrected chi connectivity index (χ2v) is 7.61. The number of alkyl carbamates (subject to hydrolysis) is 1. The quantitative estimate of drug-likeness (QED) is 0.848. The first-order chi connectivity index (χ1) is 12.2. The number of morpholine rings is 1. The predicted octanol–water partition coefficient (Wildman–Crippen LogP) is 1.57. The molecule has 8 nitrogen and oxygen atoms in total. The van der Waals surface area contributed by atoms with E-state index in [4.69, 9.17) is 14.5 Å². The van der Waals surface area contributed by atoms with Crippen LogP contribution in [0.4, 0.5) is 10.6 Å². The van der Waals surface area contributed by atoms with E-state index in [1.54, 1.807) is 0 Å². The Morgan fingerprint density at radius 1 is 1.50 bits per heavy atom. The maximum atomic E-state index is 12.2. The number of fused-ring (bicyclic) bond motifs is 1. The number of anilines is 1. The Hall–Kier alpha value is -2.35. The van der Waals surface area contributed by atoms with Crippen LogP contribution in [0.1, 0.15) is 49.3 Å². The van der Waals surface area contributed by atoms with Crippen molar-refractivity contribution in [3.63, 3.8) is 0 Å². The standard InChI is InChI=1S/C18H26N4O4/c1-11-10-25-6-5-22(11)15-7-12-13(8-19-16(12)23)14(21-15)9-20-17(24)26-18(2,3)4/h7,11H,5-6,8-10H2,1-4H3,(H,19,23)(H,20,24). The summed E-state index contributed by atoms with van der Waals surface area (Å²) < 4.78 is 10.8. The molecule has 0 spiro atoms. The Bertz CT molecular complexity index is 714. The van der Waals surface area contributed by atoms with Crippen molar-refractivity contribution in [1.82, 2.24) is 15.6 Å². The molecule has 0 bridgehead atoms. The molecule has 2 amide bonds. The Morgan fingerprint density at radius 3 is 2.96 bits per heavy atom. The second kappa shape index (κ2) is 7.11. The van der Waals surface area contributed by atoms with Gasteiger partial charge in [-0.3, -0.25) is 4.79 Å². The van der Waals surface area contributed by atoms with Crippen LogP contribution in [0.15, 0.2) is 6.07 Å². The summed E-state index contributed by atoms with van der Waals surface area (Å²) in [6, 6.07) is 2.00.